The minimum atomic E-state index is -0.807. The summed E-state index contributed by atoms with van der Waals surface area (Å²) in [6.45, 7) is 1.84. The Labute approximate surface area is 98.4 Å². The highest BCUT2D eigenvalue weighted by Gasteiger charge is 2.33. The van der Waals surface area contributed by atoms with E-state index in [1.54, 1.807) is 6.20 Å². The topological polar surface area (TPSA) is 95.1 Å². The highest BCUT2D eigenvalue weighted by molar-refractivity contribution is 5.92. The minimum Gasteiger partial charge on any atom is -0.481 e. The van der Waals surface area contributed by atoms with Gasteiger partial charge in [-0.25, -0.2) is 0 Å². The average Bonchev–Trinajstić information content (AvgIpc) is 2.88. The van der Waals surface area contributed by atoms with E-state index < -0.39 is 5.97 Å². The predicted molar refractivity (Wildman–Crippen MR) is 60.4 cm³/mol. The minimum absolute atomic E-state index is 0.124. The van der Waals surface area contributed by atoms with Crippen molar-refractivity contribution in [1.29, 1.82) is 0 Å². The Balaban J connectivity index is 1.94. The summed E-state index contributed by atoms with van der Waals surface area (Å²) >= 11 is 0. The van der Waals surface area contributed by atoms with Gasteiger partial charge < -0.3 is 10.4 Å². The first-order chi connectivity index (χ1) is 8.08. The Morgan fingerprint density at radius 1 is 1.47 bits per heavy atom. The highest BCUT2D eigenvalue weighted by atomic mass is 16.4. The molecule has 2 atom stereocenters. The third-order valence-electron chi connectivity index (χ3n) is 3.23. The van der Waals surface area contributed by atoms with Gasteiger partial charge in [0.2, 0.25) is 5.91 Å². The molecule has 1 saturated carbocycles. The molecule has 1 aliphatic rings. The second kappa shape index (κ2) is 4.57. The molecule has 1 aromatic rings. The molecule has 0 aromatic carbocycles. The molecule has 0 bridgehead atoms. The fourth-order valence-electron chi connectivity index (χ4n) is 2.14. The SMILES string of the molecule is Cc1cn[nH]c1NC(=O)C1CCC(C(=O)O)C1. The molecule has 1 heterocycles. The molecule has 0 radical (unpaired) electrons. The number of H-pyrrole nitrogens is 1. The molecule has 0 aliphatic heterocycles. The number of aromatic nitrogens is 2. The van der Waals surface area contributed by atoms with E-state index >= 15 is 0 Å². The number of hydrogen-bond donors (Lipinski definition) is 3. The molecule has 0 spiro atoms. The number of aliphatic carboxylic acids is 1. The fraction of sp³-hybridized carbons (Fsp3) is 0.545. The monoisotopic (exact) mass is 237 g/mol. The van der Waals surface area contributed by atoms with Crippen LogP contribution in [-0.2, 0) is 9.59 Å². The molecular formula is C11H15N3O3. The Hall–Kier alpha value is -1.85. The number of nitrogens with zero attached hydrogens (tertiary/aromatic N) is 1. The summed E-state index contributed by atoms with van der Waals surface area (Å²) in [5.41, 5.74) is 0.867. The van der Waals surface area contributed by atoms with Crippen molar-refractivity contribution < 1.29 is 14.7 Å². The van der Waals surface area contributed by atoms with E-state index in [4.69, 9.17) is 5.11 Å². The van der Waals surface area contributed by atoms with Crippen LogP contribution in [0, 0.1) is 18.8 Å². The van der Waals surface area contributed by atoms with Gasteiger partial charge in [-0.1, -0.05) is 0 Å². The van der Waals surface area contributed by atoms with Crippen molar-refractivity contribution in [2.75, 3.05) is 5.32 Å². The summed E-state index contributed by atoms with van der Waals surface area (Å²) in [6, 6.07) is 0. The van der Waals surface area contributed by atoms with Gasteiger partial charge >= 0.3 is 5.97 Å². The average molecular weight is 237 g/mol. The van der Waals surface area contributed by atoms with Crippen LogP contribution in [-0.4, -0.2) is 27.2 Å². The zero-order valence-electron chi connectivity index (χ0n) is 9.56. The number of carbonyl (C=O) groups is 2. The zero-order valence-corrected chi connectivity index (χ0v) is 9.56. The van der Waals surface area contributed by atoms with Crippen LogP contribution in [0.15, 0.2) is 6.20 Å². The maximum atomic E-state index is 11.9. The molecule has 3 N–H and O–H groups in total. The first kappa shape index (κ1) is 11.6. The van der Waals surface area contributed by atoms with Crippen molar-refractivity contribution in [3.8, 4) is 0 Å². The number of rotatable bonds is 3. The van der Waals surface area contributed by atoms with Gasteiger partial charge in [0, 0.05) is 11.5 Å². The van der Waals surface area contributed by atoms with Gasteiger partial charge in [0.1, 0.15) is 5.82 Å². The normalized spacial score (nSPS) is 23.6. The number of carbonyl (C=O) groups excluding carboxylic acids is 1. The molecule has 1 amide bonds. The molecule has 6 nitrogen and oxygen atoms in total. The number of hydrogen-bond acceptors (Lipinski definition) is 3. The fourth-order valence-corrected chi connectivity index (χ4v) is 2.14. The van der Waals surface area contributed by atoms with Crippen LogP contribution >= 0.6 is 0 Å². The van der Waals surface area contributed by atoms with Crippen molar-refractivity contribution >= 4 is 17.7 Å². The lowest BCUT2D eigenvalue weighted by Gasteiger charge is -2.09. The van der Waals surface area contributed by atoms with E-state index in [0.29, 0.717) is 25.1 Å². The summed E-state index contributed by atoms with van der Waals surface area (Å²) in [5.74, 6) is -0.930. The van der Waals surface area contributed by atoms with Crippen LogP contribution in [0.1, 0.15) is 24.8 Å². The van der Waals surface area contributed by atoms with Crippen LogP contribution in [0.4, 0.5) is 5.82 Å². The molecule has 17 heavy (non-hydrogen) atoms. The van der Waals surface area contributed by atoms with Gasteiger partial charge in [-0.3, -0.25) is 14.7 Å². The molecule has 92 valence electrons. The zero-order chi connectivity index (χ0) is 12.4. The smallest absolute Gasteiger partial charge is 0.306 e. The first-order valence-corrected chi connectivity index (χ1v) is 5.61. The van der Waals surface area contributed by atoms with E-state index in [1.165, 1.54) is 0 Å². The van der Waals surface area contributed by atoms with Gasteiger partial charge in [-0.05, 0) is 26.2 Å². The quantitative estimate of drug-likeness (QED) is 0.735. The molecule has 1 aromatic heterocycles. The highest BCUT2D eigenvalue weighted by Crippen LogP contribution is 2.31. The number of aryl methyl sites for hydroxylation is 1. The number of carboxylic acid groups (broad SMARTS) is 1. The summed E-state index contributed by atoms with van der Waals surface area (Å²) in [6.07, 6.45) is 3.27. The predicted octanol–water partition coefficient (Wildman–Crippen LogP) is 1.16. The van der Waals surface area contributed by atoms with E-state index in [-0.39, 0.29) is 17.7 Å². The van der Waals surface area contributed by atoms with Crippen molar-refractivity contribution in [1.82, 2.24) is 10.2 Å². The van der Waals surface area contributed by atoms with Crippen LogP contribution in [0.2, 0.25) is 0 Å². The second-order valence-electron chi connectivity index (χ2n) is 4.46. The number of anilines is 1. The summed E-state index contributed by atoms with van der Waals surface area (Å²) in [7, 11) is 0. The number of amides is 1. The Morgan fingerprint density at radius 2 is 2.18 bits per heavy atom. The van der Waals surface area contributed by atoms with Crippen LogP contribution in [0.25, 0.3) is 0 Å². The van der Waals surface area contributed by atoms with E-state index in [2.05, 4.69) is 15.5 Å². The van der Waals surface area contributed by atoms with Crippen LogP contribution in [0.5, 0.6) is 0 Å². The molecule has 1 fully saturated rings. The Morgan fingerprint density at radius 3 is 2.71 bits per heavy atom. The first-order valence-electron chi connectivity index (χ1n) is 5.61. The molecule has 2 rings (SSSR count). The van der Waals surface area contributed by atoms with E-state index in [1.807, 2.05) is 6.92 Å². The third-order valence-corrected chi connectivity index (χ3v) is 3.23. The lowest BCUT2D eigenvalue weighted by molar-refractivity contribution is -0.141. The van der Waals surface area contributed by atoms with Crippen molar-refractivity contribution in [3.63, 3.8) is 0 Å². The van der Waals surface area contributed by atoms with Gasteiger partial charge in [-0.2, -0.15) is 5.10 Å². The lowest BCUT2D eigenvalue weighted by atomic mass is 10.0. The van der Waals surface area contributed by atoms with E-state index in [0.717, 1.165) is 5.56 Å². The molecule has 2 unspecified atom stereocenters. The molecular weight excluding hydrogens is 222 g/mol. The molecule has 6 heteroatoms. The number of aromatic amines is 1. The molecule has 1 aliphatic carbocycles. The lowest BCUT2D eigenvalue weighted by Crippen LogP contribution is -2.22. The van der Waals surface area contributed by atoms with Gasteiger partial charge in [0.05, 0.1) is 12.1 Å². The van der Waals surface area contributed by atoms with Crippen LogP contribution < -0.4 is 5.32 Å². The number of carboxylic acids is 1. The third kappa shape index (κ3) is 2.46. The van der Waals surface area contributed by atoms with Crippen LogP contribution in [0.3, 0.4) is 0 Å². The summed E-state index contributed by atoms with van der Waals surface area (Å²) < 4.78 is 0. The Bertz CT molecular complexity index is 441. The summed E-state index contributed by atoms with van der Waals surface area (Å²) in [4.78, 5) is 22.7. The Kier molecular flexibility index (Phi) is 3.12. The standard InChI is InChI=1S/C11H15N3O3/c1-6-5-12-14-9(6)13-10(15)7-2-3-8(4-7)11(16)17/h5,7-8H,2-4H2,1H3,(H,16,17)(H2,12,13,14,15). The number of nitrogens with one attached hydrogen (secondary N) is 2. The molecule has 0 saturated heterocycles. The van der Waals surface area contributed by atoms with Gasteiger partial charge in [0.25, 0.3) is 0 Å². The second-order valence-corrected chi connectivity index (χ2v) is 4.46. The maximum absolute atomic E-state index is 11.9. The van der Waals surface area contributed by atoms with Crippen molar-refractivity contribution in [2.45, 2.75) is 26.2 Å². The van der Waals surface area contributed by atoms with Crippen molar-refractivity contribution in [3.05, 3.63) is 11.8 Å². The summed E-state index contributed by atoms with van der Waals surface area (Å²) in [5, 5.41) is 18.1. The van der Waals surface area contributed by atoms with Crippen molar-refractivity contribution in [2.24, 2.45) is 11.8 Å². The largest absolute Gasteiger partial charge is 0.481 e. The van der Waals surface area contributed by atoms with Gasteiger partial charge in [-0.15, -0.1) is 0 Å². The van der Waals surface area contributed by atoms with E-state index in [9.17, 15) is 9.59 Å². The maximum Gasteiger partial charge on any atom is 0.306 e. The van der Waals surface area contributed by atoms with Gasteiger partial charge in [0.15, 0.2) is 0 Å².